The van der Waals surface area contributed by atoms with Gasteiger partial charge in [-0.15, -0.1) is 5.10 Å². The van der Waals surface area contributed by atoms with Crippen molar-refractivity contribution in [2.75, 3.05) is 39.9 Å². The number of likely N-dealkylation sites (tertiary alicyclic amines) is 1. The third-order valence-electron chi connectivity index (χ3n) is 3.73. The average molecular weight is 298 g/mol. The summed E-state index contributed by atoms with van der Waals surface area (Å²) in [4.78, 5) is 15.0. The Morgan fingerprint density at radius 1 is 1.50 bits per heavy atom. The van der Waals surface area contributed by atoms with Crippen molar-refractivity contribution in [3.05, 3.63) is 10.6 Å². The van der Waals surface area contributed by atoms with Crippen LogP contribution in [0.1, 0.15) is 28.2 Å². The first-order chi connectivity index (χ1) is 9.70. The number of piperidine rings is 1. The molecule has 2 heterocycles. The number of aromatic nitrogens is 2. The summed E-state index contributed by atoms with van der Waals surface area (Å²) in [6, 6.07) is 0. The van der Waals surface area contributed by atoms with Gasteiger partial charge in [-0.25, -0.2) is 0 Å². The number of hydrogen-bond acceptors (Lipinski definition) is 6. The highest BCUT2D eigenvalue weighted by atomic mass is 32.1. The highest BCUT2D eigenvalue weighted by molar-refractivity contribution is 7.07. The van der Waals surface area contributed by atoms with Gasteiger partial charge in [0.2, 0.25) is 0 Å². The molecule has 6 nitrogen and oxygen atoms in total. The van der Waals surface area contributed by atoms with E-state index in [0.29, 0.717) is 16.5 Å². The molecule has 1 aliphatic rings. The number of amides is 1. The molecule has 1 fully saturated rings. The van der Waals surface area contributed by atoms with E-state index in [0.717, 1.165) is 57.2 Å². The van der Waals surface area contributed by atoms with Crippen LogP contribution in [-0.4, -0.2) is 60.3 Å². The fraction of sp³-hybridized carbons (Fsp3) is 0.769. The SMILES string of the molecule is COCCN1CCC(CNC(=O)c2snnc2C)CC1. The van der Waals surface area contributed by atoms with Gasteiger partial charge in [0.15, 0.2) is 0 Å². The number of carbonyl (C=O) groups is 1. The molecule has 1 saturated heterocycles. The molecule has 20 heavy (non-hydrogen) atoms. The van der Waals surface area contributed by atoms with Crippen LogP contribution in [0.4, 0.5) is 0 Å². The van der Waals surface area contributed by atoms with Crippen molar-refractivity contribution in [1.82, 2.24) is 19.8 Å². The van der Waals surface area contributed by atoms with Gasteiger partial charge in [0.05, 0.1) is 12.3 Å². The lowest BCUT2D eigenvalue weighted by Gasteiger charge is -2.31. The van der Waals surface area contributed by atoms with E-state index in [2.05, 4.69) is 19.8 Å². The number of aryl methyl sites for hydroxylation is 1. The monoisotopic (exact) mass is 298 g/mol. The predicted octanol–water partition coefficient (Wildman–Crippen LogP) is 0.935. The zero-order valence-electron chi connectivity index (χ0n) is 12.1. The van der Waals surface area contributed by atoms with Gasteiger partial charge in [-0.2, -0.15) is 0 Å². The van der Waals surface area contributed by atoms with Crippen LogP contribution in [0.2, 0.25) is 0 Å². The summed E-state index contributed by atoms with van der Waals surface area (Å²) < 4.78 is 8.88. The predicted molar refractivity (Wildman–Crippen MR) is 78.0 cm³/mol. The Kier molecular flexibility index (Phi) is 5.87. The molecule has 112 valence electrons. The summed E-state index contributed by atoms with van der Waals surface area (Å²) in [7, 11) is 1.73. The Morgan fingerprint density at radius 2 is 2.25 bits per heavy atom. The average Bonchev–Trinajstić information content (AvgIpc) is 2.90. The molecule has 2 rings (SSSR count). The summed E-state index contributed by atoms with van der Waals surface area (Å²) in [5, 5.41) is 6.86. The maximum atomic E-state index is 12.0. The van der Waals surface area contributed by atoms with Crippen LogP contribution in [0, 0.1) is 12.8 Å². The summed E-state index contributed by atoms with van der Waals surface area (Å²) in [6.07, 6.45) is 2.26. The van der Waals surface area contributed by atoms with Crippen molar-refractivity contribution in [2.45, 2.75) is 19.8 Å². The molecule has 0 bridgehead atoms. The molecule has 1 aromatic rings. The van der Waals surface area contributed by atoms with Crippen molar-refractivity contribution >= 4 is 17.4 Å². The van der Waals surface area contributed by atoms with Gasteiger partial charge in [0.25, 0.3) is 5.91 Å². The largest absolute Gasteiger partial charge is 0.383 e. The van der Waals surface area contributed by atoms with Gasteiger partial charge in [0, 0.05) is 20.2 Å². The summed E-state index contributed by atoms with van der Waals surface area (Å²) in [5.41, 5.74) is 0.710. The highest BCUT2D eigenvalue weighted by Crippen LogP contribution is 2.16. The van der Waals surface area contributed by atoms with E-state index in [4.69, 9.17) is 4.74 Å². The molecule has 1 N–H and O–H groups in total. The van der Waals surface area contributed by atoms with Gasteiger partial charge < -0.3 is 15.0 Å². The summed E-state index contributed by atoms with van der Waals surface area (Å²) in [5.74, 6) is 0.526. The molecule has 0 saturated carbocycles. The Bertz CT molecular complexity index is 430. The van der Waals surface area contributed by atoms with E-state index in [1.807, 2.05) is 6.92 Å². The van der Waals surface area contributed by atoms with E-state index in [-0.39, 0.29) is 5.91 Å². The molecule has 1 aliphatic heterocycles. The minimum absolute atomic E-state index is 0.0423. The van der Waals surface area contributed by atoms with Gasteiger partial charge in [0.1, 0.15) is 4.88 Å². The van der Waals surface area contributed by atoms with Crippen LogP contribution >= 0.6 is 11.5 Å². The Balaban J connectivity index is 1.68. The van der Waals surface area contributed by atoms with Crippen molar-refractivity contribution in [1.29, 1.82) is 0 Å². The maximum absolute atomic E-state index is 12.0. The number of ether oxygens (including phenoxy) is 1. The molecule has 0 atom stereocenters. The minimum Gasteiger partial charge on any atom is -0.383 e. The third-order valence-corrected chi connectivity index (χ3v) is 4.55. The number of nitrogens with one attached hydrogen (secondary N) is 1. The van der Waals surface area contributed by atoms with Crippen LogP contribution in [-0.2, 0) is 4.74 Å². The topological polar surface area (TPSA) is 67.3 Å². The molecule has 0 aliphatic carbocycles. The van der Waals surface area contributed by atoms with E-state index in [1.54, 1.807) is 7.11 Å². The Labute approximate surface area is 123 Å². The first-order valence-corrected chi connectivity index (χ1v) is 7.76. The van der Waals surface area contributed by atoms with Gasteiger partial charge in [-0.3, -0.25) is 4.79 Å². The van der Waals surface area contributed by atoms with Gasteiger partial charge in [-0.1, -0.05) is 4.49 Å². The lowest BCUT2D eigenvalue weighted by Crippen LogP contribution is -2.39. The highest BCUT2D eigenvalue weighted by Gasteiger charge is 2.20. The second-order valence-corrected chi connectivity index (χ2v) is 5.93. The van der Waals surface area contributed by atoms with Crippen LogP contribution < -0.4 is 5.32 Å². The number of nitrogens with zero attached hydrogens (tertiary/aromatic N) is 3. The summed E-state index contributed by atoms with van der Waals surface area (Å²) >= 11 is 1.16. The van der Waals surface area contributed by atoms with Crippen molar-refractivity contribution in [3.63, 3.8) is 0 Å². The second kappa shape index (κ2) is 7.66. The number of methoxy groups -OCH3 is 1. The zero-order valence-corrected chi connectivity index (χ0v) is 12.9. The fourth-order valence-electron chi connectivity index (χ4n) is 2.39. The quantitative estimate of drug-likeness (QED) is 0.846. The molecule has 1 aromatic heterocycles. The molecule has 7 heteroatoms. The van der Waals surface area contributed by atoms with Crippen molar-refractivity contribution in [2.24, 2.45) is 5.92 Å². The maximum Gasteiger partial charge on any atom is 0.264 e. The Hall–Kier alpha value is -1.05. The molecular weight excluding hydrogens is 276 g/mol. The molecule has 0 aromatic carbocycles. The van der Waals surface area contributed by atoms with Gasteiger partial charge in [-0.05, 0) is 50.3 Å². The molecule has 0 radical (unpaired) electrons. The number of hydrogen-bond donors (Lipinski definition) is 1. The molecule has 0 spiro atoms. The molecule has 1 amide bonds. The first kappa shape index (κ1) is 15.3. The zero-order chi connectivity index (χ0) is 14.4. The lowest BCUT2D eigenvalue weighted by molar-refractivity contribution is 0.0929. The summed E-state index contributed by atoms with van der Waals surface area (Å²) in [6.45, 7) is 6.53. The van der Waals surface area contributed by atoms with E-state index in [1.165, 1.54) is 0 Å². The van der Waals surface area contributed by atoms with Crippen LogP contribution in [0.3, 0.4) is 0 Å². The van der Waals surface area contributed by atoms with Crippen LogP contribution in [0.5, 0.6) is 0 Å². The van der Waals surface area contributed by atoms with E-state index in [9.17, 15) is 4.79 Å². The molecular formula is C13H22N4O2S. The van der Waals surface area contributed by atoms with Crippen LogP contribution in [0.25, 0.3) is 0 Å². The van der Waals surface area contributed by atoms with Gasteiger partial charge >= 0.3 is 0 Å². The molecule has 0 unspecified atom stereocenters. The normalized spacial score (nSPS) is 17.3. The van der Waals surface area contributed by atoms with Crippen molar-refractivity contribution in [3.8, 4) is 0 Å². The van der Waals surface area contributed by atoms with Crippen LogP contribution in [0.15, 0.2) is 0 Å². The number of rotatable bonds is 6. The first-order valence-electron chi connectivity index (χ1n) is 6.99. The Morgan fingerprint density at radius 3 is 2.85 bits per heavy atom. The third kappa shape index (κ3) is 4.22. The number of carbonyl (C=O) groups excluding carboxylic acids is 1. The standard InChI is InChI=1S/C13H22N4O2S/c1-10-12(20-16-15-10)13(18)14-9-11-3-5-17(6-4-11)7-8-19-2/h11H,3-9H2,1-2H3,(H,14,18). The van der Waals surface area contributed by atoms with Crippen molar-refractivity contribution < 1.29 is 9.53 Å². The minimum atomic E-state index is -0.0423. The lowest BCUT2D eigenvalue weighted by atomic mass is 9.97. The second-order valence-electron chi connectivity index (χ2n) is 5.18. The fourth-order valence-corrected chi connectivity index (χ4v) is 2.96. The smallest absolute Gasteiger partial charge is 0.264 e. The van der Waals surface area contributed by atoms with E-state index < -0.39 is 0 Å². The van der Waals surface area contributed by atoms with E-state index >= 15 is 0 Å².